The van der Waals surface area contributed by atoms with Gasteiger partial charge in [-0.05, 0) is 35.9 Å². The van der Waals surface area contributed by atoms with Gasteiger partial charge < -0.3 is 4.42 Å². The van der Waals surface area contributed by atoms with Gasteiger partial charge in [-0.3, -0.25) is 0 Å². The van der Waals surface area contributed by atoms with Crippen molar-refractivity contribution in [3.8, 4) is 11.5 Å². The normalized spacial score (nSPS) is 11.0. The molecule has 0 amide bonds. The van der Waals surface area contributed by atoms with Gasteiger partial charge in [0.1, 0.15) is 11.3 Å². The van der Waals surface area contributed by atoms with Crippen molar-refractivity contribution < 1.29 is 8.81 Å². The Hall–Kier alpha value is -1.87. The van der Waals surface area contributed by atoms with E-state index in [-0.39, 0.29) is 5.82 Å². The van der Waals surface area contributed by atoms with Gasteiger partial charge in [0.2, 0.25) is 5.89 Å². The first kappa shape index (κ1) is 11.2. The number of rotatable bonds is 2. The standard InChI is InChI=1S/C14H9ClFNO/c15-8-9-4-5-13-12(6-9)17-14(18-13)10-2-1-3-11(16)7-10/h1-7H,8H2. The third-order valence-corrected chi connectivity index (χ3v) is 2.99. The van der Waals surface area contributed by atoms with Gasteiger partial charge in [-0.15, -0.1) is 11.6 Å². The fraction of sp³-hybridized carbons (Fsp3) is 0.0714. The summed E-state index contributed by atoms with van der Waals surface area (Å²) in [7, 11) is 0. The third-order valence-electron chi connectivity index (χ3n) is 2.68. The molecule has 3 rings (SSSR count). The molecular weight excluding hydrogens is 253 g/mol. The number of fused-ring (bicyclic) bond motifs is 1. The molecule has 0 aliphatic heterocycles. The molecule has 0 aliphatic rings. The van der Waals surface area contributed by atoms with Crippen LogP contribution in [-0.4, -0.2) is 4.98 Å². The zero-order valence-corrected chi connectivity index (χ0v) is 10.1. The lowest BCUT2D eigenvalue weighted by molar-refractivity contribution is 0.611. The molecule has 1 aromatic heterocycles. The second-order valence-corrected chi connectivity index (χ2v) is 4.23. The molecule has 0 fully saturated rings. The molecule has 2 nitrogen and oxygen atoms in total. The first-order valence-corrected chi connectivity index (χ1v) is 6.01. The van der Waals surface area contributed by atoms with E-state index in [0.717, 1.165) is 11.1 Å². The van der Waals surface area contributed by atoms with Gasteiger partial charge in [0, 0.05) is 11.4 Å². The van der Waals surface area contributed by atoms with Crippen molar-refractivity contribution in [3.63, 3.8) is 0 Å². The first-order chi connectivity index (χ1) is 8.76. The Balaban J connectivity index is 2.13. The largest absolute Gasteiger partial charge is 0.436 e. The minimum Gasteiger partial charge on any atom is -0.436 e. The highest BCUT2D eigenvalue weighted by Crippen LogP contribution is 2.25. The summed E-state index contributed by atoms with van der Waals surface area (Å²) in [5.74, 6) is 0.533. The van der Waals surface area contributed by atoms with Crippen molar-refractivity contribution in [2.24, 2.45) is 0 Å². The molecule has 0 radical (unpaired) electrons. The molecular formula is C14H9ClFNO. The van der Waals surface area contributed by atoms with Gasteiger partial charge in [-0.25, -0.2) is 9.37 Å². The Kier molecular flexibility index (Phi) is 2.76. The highest BCUT2D eigenvalue weighted by atomic mass is 35.5. The number of hydrogen-bond acceptors (Lipinski definition) is 2. The van der Waals surface area contributed by atoms with Crippen LogP contribution in [0.15, 0.2) is 46.9 Å². The molecule has 2 aromatic carbocycles. The summed E-state index contributed by atoms with van der Waals surface area (Å²) in [4.78, 5) is 4.34. The van der Waals surface area contributed by atoms with E-state index in [2.05, 4.69) is 4.98 Å². The lowest BCUT2D eigenvalue weighted by atomic mass is 10.2. The van der Waals surface area contributed by atoms with Crippen molar-refractivity contribution in [1.29, 1.82) is 0 Å². The Morgan fingerprint density at radius 2 is 2.06 bits per heavy atom. The number of hydrogen-bond donors (Lipinski definition) is 0. The lowest BCUT2D eigenvalue weighted by Crippen LogP contribution is -1.79. The first-order valence-electron chi connectivity index (χ1n) is 5.47. The molecule has 1 heterocycles. The summed E-state index contributed by atoms with van der Waals surface area (Å²) < 4.78 is 18.7. The van der Waals surface area contributed by atoms with Crippen molar-refractivity contribution in [3.05, 3.63) is 53.8 Å². The molecule has 3 aromatic rings. The summed E-state index contributed by atoms with van der Waals surface area (Å²) in [6, 6.07) is 11.7. The maximum absolute atomic E-state index is 13.1. The quantitative estimate of drug-likeness (QED) is 0.640. The van der Waals surface area contributed by atoms with E-state index in [1.165, 1.54) is 12.1 Å². The number of halogens is 2. The number of aromatic nitrogens is 1. The number of benzene rings is 2. The fourth-order valence-electron chi connectivity index (χ4n) is 1.80. The van der Waals surface area contributed by atoms with E-state index in [4.69, 9.17) is 16.0 Å². The molecule has 4 heteroatoms. The summed E-state index contributed by atoms with van der Waals surface area (Å²) >= 11 is 5.76. The fourth-order valence-corrected chi connectivity index (χ4v) is 1.97. The average molecular weight is 262 g/mol. The molecule has 0 aliphatic carbocycles. The van der Waals surface area contributed by atoms with Crippen LogP contribution in [0.25, 0.3) is 22.6 Å². The lowest BCUT2D eigenvalue weighted by Gasteiger charge is -1.93. The zero-order valence-electron chi connectivity index (χ0n) is 9.36. The van der Waals surface area contributed by atoms with Crippen molar-refractivity contribution >= 4 is 22.7 Å². The van der Waals surface area contributed by atoms with Gasteiger partial charge in [0.25, 0.3) is 0 Å². The summed E-state index contributed by atoms with van der Waals surface area (Å²) in [5, 5.41) is 0. The Bertz CT molecular complexity index is 708. The van der Waals surface area contributed by atoms with Gasteiger partial charge in [-0.2, -0.15) is 0 Å². The van der Waals surface area contributed by atoms with Crippen LogP contribution in [0, 0.1) is 5.82 Å². The van der Waals surface area contributed by atoms with Gasteiger partial charge in [0.15, 0.2) is 5.58 Å². The monoisotopic (exact) mass is 261 g/mol. The van der Waals surface area contributed by atoms with E-state index in [1.807, 2.05) is 18.2 Å². The van der Waals surface area contributed by atoms with E-state index in [9.17, 15) is 4.39 Å². The molecule has 0 bridgehead atoms. The van der Waals surface area contributed by atoms with E-state index in [0.29, 0.717) is 22.9 Å². The van der Waals surface area contributed by atoms with Crippen molar-refractivity contribution in [2.75, 3.05) is 0 Å². The smallest absolute Gasteiger partial charge is 0.227 e. The predicted molar refractivity (Wildman–Crippen MR) is 69.0 cm³/mol. The zero-order chi connectivity index (χ0) is 12.5. The van der Waals surface area contributed by atoms with Crippen LogP contribution in [0.4, 0.5) is 4.39 Å². The second kappa shape index (κ2) is 4.42. The number of alkyl halides is 1. The Morgan fingerprint density at radius 3 is 2.83 bits per heavy atom. The number of oxazole rings is 1. The van der Waals surface area contributed by atoms with Crippen LogP contribution in [0.5, 0.6) is 0 Å². The van der Waals surface area contributed by atoms with Crippen LogP contribution < -0.4 is 0 Å². The van der Waals surface area contributed by atoms with Crippen molar-refractivity contribution in [1.82, 2.24) is 4.98 Å². The van der Waals surface area contributed by atoms with E-state index < -0.39 is 0 Å². The minimum absolute atomic E-state index is 0.309. The van der Waals surface area contributed by atoms with Gasteiger partial charge in [0.05, 0.1) is 0 Å². The van der Waals surface area contributed by atoms with Crippen LogP contribution in [0.1, 0.15) is 5.56 Å². The molecule has 0 atom stereocenters. The maximum atomic E-state index is 13.1. The highest BCUT2D eigenvalue weighted by molar-refractivity contribution is 6.17. The topological polar surface area (TPSA) is 26.0 Å². The second-order valence-electron chi connectivity index (χ2n) is 3.97. The molecule has 0 N–H and O–H groups in total. The van der Waals surface area contributed by atoms with Gasteiger partial charge in [-0.1, -0.05) is 12.1 Å². The maximum Gasteiger partial charge on any atom is 0.227 e. The summed E-state index contributed by atoms with van der Waals surface area (Å²) in [6.45, 7) is 0. The molecule has 0 saturated carbocycles. The van der Waals surface area contributed by atoms with Crippen LogP contribution in [0.3, 0.4) is 0 Å². The van der Waals surface area contributed by atoms with Crippen LogP contribution >= 0.6 is 11.6 Å². The molecule has 0 saturated heterocycles. The summed E-state index contributed by atoms with van der Waals surface area (Å²) in [6.07, 6.45) is 0. The Morgan fingerprint density at radius 1 is 1.17 bits per heavy atom. The predicted octanol–water partition coefficient (Wildman–Crippen LogP) is 4.37. The van der Waals surface area contributed by atoms with E-state index >= 15 is 0 Å². The summed E-state index contributed by atoms with van der Waals surface area (Å²) in [5.41, 5.74) is 3.00. The molecule has 0 unspecified atom stereocenters. The number of nitrogens with zero attached hydrogens (tertiary/aromatic N) is 1. The highest BCUT2D eigenvalue weighted by Gasteiger charge is 2.09. The molecule has 90 valence electrons. The van der Waals surface area contributed by atoms with Crippen molar-refractivity contribution in [2.45, 2.75) is 5.88 Å². The molecule has 0 spiro atoms. The minimum atomic E-state index is -0.309. The third kappa shape index (κ3) is 1.97. The molecule has 18 heavy (non-hydrogen) atoms. The average Bonchev–Trinajstić information content (AvgIpc) is 2.81. The van der Waals surface area contributed by atoms with Crippen LogP contribution in [0.2, 0.25) is 0 Å². The van der Waals surface area contributed by atoms with E-state index in [1.54, 1.807) is 12.1 Å². The SMILES string of the molecule is Fc1cccc(-c2nc3cc(CCl)ccc3o2)c1. The van der Waals surface area contributed by atoms with Gasteiger partial charge >= 0.3 is 0 Å². The Labute approximate surface area is 108 Å². The van der Waals surface area contributed by atoms with Crippen LogP contribution in [-0.2, 0) is 5.88 Å².